The third-order valence-corrected chi connectivity index (χ3v) is 12.7. The molecule has 7 atom stereocenters. The Labute approximate surface area is 388 Å². The molecule has 0 saturated carbocycles. The van der Waals surface area contributed by atoms with E-state index < -0.39 is 96.0 Å². The second-order valence-corrected chi connectivity index (χ2v) is 17.8. The quantitative estimate of drug-likeness (QED) is 0.160. The van der Waals surface area contributed by atoms with Crippen molar-refractivity contribution in [3.63, 3.8) is 0 Å². The van der Waals surface area contributed by atoms with Gasteiger partial charge in [0.2, 0.25) is 47.3 Å². The van der Waals surface area contributed by atoms with E-state index in [9.17, 15) is 38.4 Å². The summed E-state index contributed by atoms with van der Waals surface area (Å²) < 4.78 is 0. The Kier molecular flexibility index (Phi) is 20.2. The summed E-state index contributed by atoms with van der Waals surface area (Å²) in [6, 6.07) is 0.509. The van der Waals surface area contributed by atoms with Gasteiger partial charge in [0, 0.05) is 26.1 Å². The predicted molar refractivity (Wildman–Crippen MR) is 250 cm³/mol. The van der Waals surface area contributed by atoms with E-state index in [1.807, 2.05) is 75.4 Å². The van der Waals surface area contributed by atoms with Gasteiger partial charge >= 0.3 is 0 Å². The van der Waals surface area contributed by atoms with Gasteiger partial charge in [-0.3, -0.25) is 38.4 Å². The van der Waals surface area contributed by atoms with E-state index in [1.54, 1.807) is 0 Å². The van der Waals surface area contributed by atoms with E-state index in [-0.39, 0.29) is 38.9 Å². The molecule has 1 aromatic carbocycles. The number of carbonyl (C=O) groups is 8. The summed E-state index contributed by atoms with van der Waals surface area (Å²) in [6.07, 6.45) is 15.1. The molecule has 5 rings (SSSR count). The van der Waals surface area contributed by atoms with Gasteiger partial charge in [0.1, 0.15) is 36.3 Å². The minimum Gasteiger partial charge on any atom is -0.368 e. The first-order valence-corrected chi connectivity index (χ1v) is 23.8. The van der Waals surface area contributed by atoms with Gasteiger partial charge < -0.3 is 47.4 Å². The maximum Gasteiger partial charge on any atom is 0.246 e. The fourth-order valence-electron chi connectivity index (χ4n) is 8.91. The zero-order valence-electron chi connectivity index (χ0n) is 39.3. The number of nitrogens with one attached hydrogen (secondary N) is 6. The van der Waals surface area contributed by atoms with Crippen LogP contribution in [0.4, 0.5) is 0 Å². The summed E-state index contributed by atoms with van der Waals surface area (Å²) >= 11 is 0. The number of rotatable bonds is 11. The van der Waals surface area contributed by atoms with E-state index in [0.717, 1.165) is 35.5 Å². The average Bonchev–Trinajstić information content (AvgIpc) is 3.70. The molecular formula is C49H70LrN9O8-. The molecule has 0 spiro atoms. The summed E-state index contributed by atoms with van der Waals surface area (Å²) in [5.74, 6) is -3.45. The Balaban J connectivity index is 0.00000980. The number of likely N-dealkylation sites (N-methyl/N-ethyl adjacent to an activating group) is 1. The van der Waals surface area contributed by atoms with Crippen molar-refractivity contribution in [2.75, 3.05) is 26.2 Å². The van der Waals surface area contributed by atoms with Crippen LogP contribution in [0.5, 0.6) is 0 Å². The minimum absolute atomic E-state index is 0. The topological polar surface area (TPSA) is 241 Å². The van der Waals surface area contributed by atoms with Crippen LogP contribution in [0.15, 0.2) is 54.6 Å². The number of nitrogens with two attached hydrogens (primary N) is 1. The molecule has 6 unspecified atom stereocenters. The normalized spacial score (nSPS) is 25.5. The standard InChI is InChI=1S/C49H70N9O8.Lr/c1-5-7-16-37(51-6-2)45(62)55-39-30-42(59)52-26-10-8-17-36(43(50)60)54-44(61)32(4)53-46(63)40-18-9-11-27-57(40)48(65)38(56-47(64)41-19-13-28-58(41)49(39)66)29-33-21-24-35(25-22-33)34-15-12-14-31(3)20-23-34;/h12,14-15,20-25,32,36-41,51H,5-11,13,16-19,26-30H2,1-4H3,(H2,50,60)(H,52,59)(H,53,63)(H,54,61)(H,55,62)(H,56,64);/q-1;/t32?,36?,37?,38-,39?,40?,41?;/m1./s1. The second-order valence-electron chi connectivity index (χ2n) is 17.8. The Bertz CT molecular complexity index is 2010. The Morgan fingerprint density at radius 1 is 0.836 bits per heavy atom. The van der Waals surface area contributed by atoms with Gasteiger partial charge in [0.05, 0.1) is 12.5 Å². The SMILES string of the molecule is CCCCC(NCC)C(=O)NC1CC(=O)NCCCCC(C(N)=O)NC(=O)C(C)NC(=O)C2CCCCN2C(=O)[C@@H](Cc2ccc(C3=CC=C[C-](C)C=C3)cc2)NC(=O)C2CCCN2C1=O.[Lr]. The van der Waals surface area contributed by atoms with Crippen molar-refractivity contribution >= 4 is 52.8 Å². The molecule has 0 bridgehead atoms. The van der Waals surface area contributed by atoms with Crippen LogP contribution in [0.25, 0.3) is 5.57 Å². The van der Waals surface area contributed by atoms with E-state index in [2.05, 4.69) is 31.9 Å². The van der Waals surface area contributed by atoms with E-state index in [0.29, 0.717) is 51.5 Å². The number of carbonyl (C=O) groups excluding carboxylic acids is 8. The maximum atomic E-state index is 14.9. The average molecular weight is 1180 g/mol. The van der Waals surface area contributed by atoms with E-state index in [1.165, 1.54) is 16.7 Å². The fourth-order valence-corrected chi connectivity index (χ4v) is 8.91. The third-order valence-electron chi connectivity index (χ3n) is 12.7. The molecule has 3 aliphatic heterocycles. The Morgan fingerprint density at radius 3 is 2.21 bits per heavy atom. The smallest absolute Gasteiger partial charge is 0.246 e. The molecular weight excluding hydrogens is 1100 g/mol. The van der Waals surface area contributed by atoms with Gasteiger partial charge in [0.25, 0.3) is 0 Å². The third kappa shape index (κ3) is 14.8. The first-order chi connectivity index (χ1) is 31.7. The maximum absolute atomic E-state index is 14.9. The largest absolute Gasteiger partial charge is 0.368 e. The van der Waals surface area contributed by atoms with E-state index in [4.69, 9.17) is 5.73 Å². The van der Waals surface area contributed by atoms with Gasteiger partial charge in [-0.2, -0.15) is 30.2 Å². The number of amides is 8. The number of benzene rings is 1. The molecule has 375 valence electrons. The van der Waals surface area contributed by atoms with Crippen LogP contribution >= 0.6 is 0 Å². The molecule has 17 nitrogen and oxygen atoms in total. The minimum atomic E-state index is -1.30. The summed E-state index contributed by atoms with van der Waals surface area (Å²) in [5.41, 5.74) is 8.34. The molecule has 8 N–H and O–H groups in total. The van der Waals surface area contributed by atoms with Gasteiger partial charge in [0.15, 0.2) is 0 Å². The fraction of sp³-hybridized carbons (Fsp3) is 0.571. The molecule has 67 heavy (non-hydrogen) atoms. The molecule has 1 radical (unpaired) electrons. The second kappa shape index (κ2) is 25.7. The van der Waals surface area contributed by atoms with Gasteiger partial charge in [-0.1, -0.05) is 63.5 Å². The molecule has 8 amide bonds. The monoisotopic (exact) mass is 1170 g/mol. The van der Waals surface area contributed by atoms with Crippen LogP contribution in [-0.2, 0) is 44.8 Å². The number of fused-ring (bicyclic) bond motifs is 2. The van der Waals surface area contributed by atoms with Crippen LogP contribution < -0.4 is 37.6 Å². The number of hydrogen-bond acceptors (Lipinski definition) is 9. The van der Waals surface area contributed by atoms with Gasteiger partial charge in [-0.15, -0.1) is 6.08 Å². The van der Waals surface area contributed by atoms with Crippen molar-refractivity contribution < 1.29 is 38.4 Å². The summed E-state index contributed by atoms with van der Waals surface area (Å²) in [6.45, 7) is 8.48. The van der Waals surface area contributed by atoms with Crippen molar-refractivity contribution in [2.45, 2.75) is 153 Å². The molecule has 3 saturated heterocycles. The zero-order valence-corrected chi connectivity index (χ0v) is 41.4. The molecule has 4 aliphatic rings. The zero-order chi connectivity index (χ0) is 47.8. The first-order valence-electron chi connectivity index (χ1n) is 23.8. The summed E-state index contributed by atoms with van der Waals surface area (Å²) in [4.78, 5) is 114. The van der Waals surface area contributed by atoms with Crippen LogP contribution in [0.1, 0.15) is 116 Å². The molecule has 1 aliphatic carbocycles. The van der Waals surface area contributed by atoms with Gasteiger partial charge in [-0.25, -0.2) is 0 Å². The van der Waals surface area contributed by atoms with Crippen LogP contribution in [0, 0.1) is 5.92 Å². The number of unbranched alkanes of at least 4 members (excludes halogenated alkanes) is 1. The molecule has 18 heteroatoms. The van der Waals surface area contributed by atoms with Crippen LogP contribution in [-0.4, -0.2) is 126 Å². The first kappa shape index (κ1) is 52.7. The summed E-state index contributed by atoms with van der Waals surface area (Å²) in [5, 5.41) is 17.1. The molecule has 3 heterocycles. The van der Waals surface area contributed by atoms with Crippen molar-refractivity contribution in [3.8, 4) is 0 Å². The summed E-state index contributed by atoms with van der Waals surface area (Å²) in [7, 11) is 0. The van der Waals surface area contributed by atoms with Crippen molar-refractivity contribution in [1.29, 1.82) is 0 Å². The Morgan fingerprint density at radius 2 is 1.51 bits per heavy atom. The van der Waals surface area contributed by atoms with Crippen molar-refractivity contribution in [1.82, 2.24) is 41.7 Å². The molecule has 3 fully saturated rings. The van der Waals surface area contributed by atoms with Crippen molar-refractivity contribution in [2.24, 2.45) is 5.73 Å². The Hall–Kier alpha value is -6.97. The van der Waals surface area contributed by atoms with Crippen LogP contribution in [0.2, 0.25) is 0 Å². The van der Waals surface area contributed by atoms with Crippen LogP contribution in [0.3, 0.4) is 0 Å². The predicted octanol–water partition coefficient (Wildman–Crippen LogP) is 2.01. The number of piperidine rings is 1. The number of hydrogen-bond donors (Lipinski definition) is 7. The molecule has 1 aromatic rings. The number of allylic oxidation sites excluding steroid dienone is 6. The molecule has 0 aromatic heterocycles. The van der Waals surface area contributed by atoms with Crippen molar-refractivity contribution in [3.05, 3.63) is 71.7 Å². The van der Waals surface area contributed by atoms with E-state index >= 15 is 0 Å². The van der Waals surface area contributed by atoms with Gasteiger partial charge in [-0.05, 0) is 82.4 Å². The number of nitrogens with zero attached hydrogens (tertiary/aromatic N) is 2. The number of primary amides is 1.